The number of nitrogens with two attached hydrogens (primary N) is 1. The van der Waals surface area contributed by atoms with Gasteiger partial charge in [-0.05, 0) is 36.9 Å². The number of nitrogens with zero attached hydrogens (tertiary/aromatic N) is 2. The number of hydrogen-bond donors (Lipinski definition) is 2. The van der Waals surface area contributed by atoms with E-state index < -0.39 is 5.82 Å². The molecular weight excluding hydrogens is 307 g/mol. The molecule has 0 fully saturated rings. The van der Waals surface area contributed by atoms with E-state index in [2.05, 4.69) is 15.3 Å². The molecule has 0 aliphatic carbocycles. The van der Waals surface area contributed by atoms with Gasteiger partial charge in [0.15, 0.2) is 5.82 Å². The molecule has 0 atom stereocenters. The number of benzene rings is 1. The Labute approximate surface area is 138 Å². The highest BCUT2D eigenvalue weighted by atomic mass is 19.1. The Balaban J connectivity index is 1.98. The van der Waals surface area contributed by atoms with E-state index in [4.69, 9.17) is 10.5 Å². The third kappa shape index (κ3) is 2.14. The number of ether oxygens (including phenoxy) is 1. The van der Waals surface area contributed by atoms with E-state index >= 15 is 0 Å². The second-order valence-corrected chi connectivity index (χ2v) is 5.95. The van der Waals surface area contributed by atoms with Crippen LogP contribution in [-0.4, -0.2) is 23.1 Å². The van der Waals surface area contributed by atoms with Gasteiger partial charge in [0.1, 0.15) is 12.3 Å². The molecule has 0 radical (unpaired) electrons. The van der Waals surface area contributed by atoms with E-state index in [9.17, 15) is 4.39 Å². The summed E-state index contributed by atoms with van der Waals surface area (Å²) in [6, 6.07) is 3.70. The van der Waals surface area contributed by atoms with Gasteiger partial charge in [0, 0.05) is 41.1 Å². The van der Waals surface area contributed by atoms with E-state index in [1.54, 1.807) is 18.5 Å². The van der Waals surface area contributed by atoms with Crippen LogP contribution in [0.5, 0.6) is 5.88 Å². The van der Waals surface area contributed by atoms with E-state index in [0.29, 0.717) is 35.5 Å². The van der Waals surface area contributed by atoms with Crippen molar-refractivity contribution in [3.05, 3.63) is 41.6 Å². The van der Waals surface area contributed by atoms with Crippen molar-refractivity contribution in [2.75, 3.05) is 24.2 Å². The van der Waals surface area contributed by atoms with E-state index in [1.165, 1.54) is 0 Å². The Kier molecular flexibility index (Phi) is 3.26. The Morgan fingerprint density at radius 3 is 2.83 bits per heavy atom. The van der Waals surface area contributed by atoms with Crippen LogP contribution in [0.3, 0.4) is 0 Å². The molecule has 5 nitrogen and oxygen atoms in total. The van der Waals surface area contributed by atoms with Crippen LogP contribution in [0.15, 0.2) is 24.5 Å². The molecule has 0 bridgehead atoms. The zero-order valence-corrected chi connectivity index (χ0v) is 13.5. The van der Waals surface area contributed by atoms with Gasteiger partial charge in [-0.15, -0.1) is 0 Å². The maximum Gasteiger partial charge on any atom is 0.237 e. The molecule has 0 saturated heterocycles. The van der Waals surface area contributed by atoms with Gasteiger partial charge in [-0.1, -0.05) is 0 Å². The van der Waals surface area contributed by atoms with Crippen molar-refractivity contribution in [3.63, 3.8) is 0 Å². The van der Waals surface area contributed by atoms with Crippen molar-refractivity contribution in [2.45, 2.75) is 13.8 Å². The Morgan fingerprint density at radius 2 is 2.00 bits per heavy atom. The summed E-state index contributed by atoms with van der Waals surface area (Å²) in [6.07, 6.45) is 3.25. The van der Waals surface area contributed by atoms with Crippen molar-refractivity contribution < 1.29 is 9.13 Å². The topological polar surface area (TPSA) is 73.1 Å². The Bertz CT molecular complexity index is 971. The van der Waals surface area contributed by atoms with Crippen LogP contribution in [0, 0.1) is 19.7 Å². The molecule has 122 valence electrons. The monoisotopic (exact) mass is 324 g/mol. The molecule has 1 aliphatic rings. The van der Waals surface area contributed by atoms with Gasteiger partial charge in [0.25, 0.3) is 0 Å². The molecule has 3 aromatic rings. The molecule has 0 unspecified atom stereocenters. The molecule has 6 heteroatoms. The largest absolute Gasteiger partial charge is 0.474 e. The SMILES string of the molecule is Cc1cc2cc(-c3cnc4c(c3C)NCCO4)c(F)c(N)c2cn1. The van der Waals surface area contributed by atoms with Crippen LogP contribution in [0.1, 0.15) is 11.3 Å². The number of rotatable bonds is 1. The van der Waals surface area contributed by atoms with Crippen LogP contribution in [0.25, 0.3) is 21.9 Å². The van der Waals surface area contributed by atoms with Crippen molar-refractivity contribution in [2.24, 2.45) is 0 Å². The third-order valence-corrected chi connectivity index (χ3v) is 4.37. The minimum atomic E-state index is -0.449. The summed E-state index contributed by atoms with van der Waals surface area (Å²) in [5.41, 5.74) is 9.82. The second-order valence-electron chi connectivity index (χ2n) is 5.95. The minimum Gasteiger partial charge on any atom is -0.474 e. The summed E-state index contributed by atoms with van der Waals surface area (Å²) in [6.45, 7) is 5.09. The highest BCUT2D eigenvalue weighted by Gasteiger charge is 2.20. The summed E-state index contributed by atoms with van der Waals surface area (Å²) < 4.78 is 20.4. The van der Waals surface area contributed by atoms with Gasteiger partial charge in [0.2, 0.25) is 5.88 Å². The summed E-state index contributed by atoms with van der Waals surface area (Å²) in [7, 11) is 0. The lowest BCUT2D eigenvalue weighted by Crippen LogP contribution is -2.20. The van der Waals surface area contributed by atoms with Gasteiger partial charge in [-0.25, -0.2) is 9.37 Å². The zero-order chi connectivity index (χ0) is 16.8. The smallest absolute Gasteiger partial charge is 0.237 e. The molecule has 1 aliphatic heterocycles. The van der Waals surface area contributed by atoms with Crippen LogP contribution in [0.2, 0.25) is 0 Å². The number of hydrogen-bond acceptors (Lipinski definition) is 5. The summed E-state index contributed by atoms with van der Waals surface area (Å²) in [5, 5.41) is 4.75. The Morgan fingerprint density at radius 1 is 1.17 bits per heavy atom. The zero-order valence-electron chi connectivity index (χ0n) is 13.5. The van der Waals surface area contributed by atoms with Gasteiger partial charge in [-0.3, -0.25) is 4.98 Å². The molecule has 3 heterocycles. The molecule has 24 heavy (non-hydrogen) atoms. The van der Waals surface area contributed by atoms with E-state index in [1.807, 2.05) is 19.9 Å². The number of fused-ring (bicyclic) bond motifs is 2. The molecule has 0 amide bonds. The highest BCUT2D eigenvalue weighted by Crippen LogP contribution is 2.39. The first-order chi connectivity index (χ1) is 11.6. The molecule has 1 aromatic carbocycles. The first-order valence-corrected chi connectivity index (χ1v) is 7.77. The van der Waals surface area contributed by atoms with Gasteiger partial charge < -0.3 is 15.8 Å². The highest BCUT2D eigenvalue weighted by molar-refractivity contribution is 5.97. The average molecular weight is 324 g/mol. The van der Waals surface area contributed by atoms with Crippen LogP contribution >= 0.6 is 0 Å². The van der Waals surface area contributed by atoms with Gasteiger partial charge in [-0.2, -0.15) is 0 Å². The van der Waals surface area contributed by atoms with Crippen molar-refractivity contribution in [1.29, 1.82) is 0 Å². The number of anilines is 2. The first kappa shape index (κ1) is 14.7. The van der Waals surface area contributed by atoms with Crippen LogP contribution < -0.4 is 15.8 Å². The maximum atomic E-state index is 14.9. The number of pyridine rings is 2. The average Bonchev–Trinajstić information content (AvgIpc) is 2.59. The molecular formula is C18H17FN4O. The fraction of sp³-hybridized carbons (Fsp3) is 0.222. The summed E-state index contributed by atoms with van der Waals surface area (Å²) in [4.78, 5) is 8.52. The third-order valence-electron chi connectivity index (χ3n) is 4.37. The summed E-state index contributed by atoms with van der Waals surface area (Å²) in [5.74, 6) is 0.103. The van der Waals surface area contributed by atoms with Crippen molar-refractivity contribution >= 4 is 22.1 Å². The van der Waals surface area contributed by atoms with E-state index in [0.717, 1.165) is 22.3 Å². The number of aromatic nitrogens is 2. The quantitative estimate of drug-likeness (QED) is 0.671. The molecule has 2 aromatic heterocycles. The fourth-order valence-corrected chi connectivity index (χ4v) is 3.10. The van der Waals surface area contributed by atoms with E-state index in [-0.39, 0.29) is 5.69 Å². The molecule has 0 spiro atoms. The molecule has 3 N–H and O–H groups in total. The first-order valence-electron chi connectivity index (χ1n) is 7.77. The fourth-order valence-electron chi connectivity index (χ4n) is 3.10. The van der Waals surface area contributed by atoms with Crippen molar-refractivity contribution in [3.8, 4) is 17.0 Å². The van der Waals surface area contributed by atoms with Crippen LogP contribution in [0.4, 0.5) is 15.8 Å². The molecule has 0 saturated carbocycles. The minimum absolute atomic E-state index is 0.108. The number of nitrogens with one attached hydrogen (secondary N) is 1. The standard InChI is InChI=1S/C18H17FN4O/c1-9-5-11-6-12(15(19)16(20)14(11)8-22-9)13-7-23-18-17(10(13)2)21-3-4-24-18/h5-8,21H,3-4,20H2,1-2H3. The van der Waals surface area contributed by atoms with Crippen LogP contribution in [-0.2, 0) is 0 Å². The summed E-state index contributed by atoms with van der Waals surface area (Å²) >= 11 is 0. The predicted molar refractivity (Wildman–Crippen MR) is 92.8 cm³/mol. The predicted octanol–water partition coefficient (Wildman–Crippen LogP) is 3.44. The van der Waals surface area contributed by atoms with Gasteiger partial charge in [0.05, 0.1) is 5.69 Å². The Hall–Kier alpha value is -2.89. The normalized spacial score (nSPS) is 13.3. The number of aryl methyl sites for hydroxylation is 1. The maximum absolute atomic E-state index is 14.9. The lowest BCUT2D eigenvalue weighted by atomic mass is 9.97. The molecule has 4 rings (SSSR count). The lowest BCUT2D eigenvalue weighted by molar-refractivity contribution is 0.310. The van der Waals surface area contributed by atoms with Crippen molar-refractivity contribution in [1.82, 2.24) is 9.97 Å². The lowest BCUT2D eigenvalue weighted by Gasteiger charge is -2.22. The van der Waals surface area contributed by atoms with Gasteiger partial charge >= 0.3 is 0 Å². The second kappa shape index (κ2) is 5.33. The number of halogens is 1. The number of nitrogen functional groups attached to an aromatic ring is 1.